The molecule has 0 aromatic heterocycles. The van der Waals surface area contributed by atoms with E-state index >= 15 is 0 Å². The second-order valence-electron chi connectivity index (χ2n) is 6.92. The molecule has 0 bridgehead atoms. The van der Waals surface area contributed by atoms with Crippen LogP contribution in [0.1, 0.15) is 84.5 Å². The minimum atomic E-state index is -0.849. The van der Waals surface area contributed by atoms with E-state index in [1.807, 2.05) is 13.0 Å². The van der Waals surface area contributed by atoms with Gasteiger partial charge in [-0.15, -0.1) is 0 Å². The molecule has 0 aliphatic carbocycles. The third-order valence-corrected chi connectivity index (χ3v) is 4.47. The van der Waals surface area contributed by atoms with Crippen LogP contribution < -0.4 is 0 Å². The van der Waals surface area contributed by atoms with Crippen LogP contribution in [-0.4, -0.2) is 34.0 Å². The van der Waals surface area contributed by atoms with E-state index in [1.54, 1.807) is 0 Å². The highest BCUT2D eigenvalue weighted by Gasteiger charge is 2.49. The van der Waals surface area contributed by atoms with Gasteiger partial charge in [0.2, 0.25) is 0 Å². The highest BCUT2D eigenvalue weighted by atomic mass is 16.6. The summed E-state index contributed by atoms with van der Waals surface area (Å²) in [4.78, 5) is 10.4. The predicted molar refractivity (Wildman–Crippen MR) is 92.5 cm³/mol. The van der Waals surface area contributed by atoms with Crippen molar-refractivity contribution in [1.82, 2.24) is 0 Å². The van der Waals surface area contributed by atoms with E-state index in [4.69, 9.17) is 9.84 Å². The highest BCUT2D eigenvalue weighted by Crippen LogP contribution is 2.36. The van der Waals surface area contributed by atoms with Crippen molar-refractivity contribution in [3.05, 3.63) is 12.2 Å². The summed E-state index contributed by atoms with van der Waals surface area (Å²) in [5.41, 5.74) is -0.849. The van der Waals surface area contributed by atoms with E-state index in [1.165, 1.54) is 19.3 Å². The van der Waals surface area contributed by atoms with Crippen molar-refractivity contribution in [2.75, 3.05) is 0 Å². The standard InChI is InChI=1S/C19H34O4/c1-3-4-10-13-16-18(23-16)19(2,22)15-12-9-7-5-6-8-11-14-17(20)21/h12,15-16,18,22H,3-11,13-14H2,1-2H3,(H,20,21)/b15-12-. The van der Waals surface area contributed by atoms with E-state index in [0.29, 0.717) is 0 Å². The lowest BCUT2D eigenvalue weighted by Crippen LogP contribution is -2.30. The summed E-state index contributed by atoms with van der Waals surface area (Å²) in [6.07, 6.45) is 15.1. The molecule has 3 unspecified atom stereocenters. The monoisotopic (exact) mass is 326 g/mol. The Morgan fingerprint density at radius 1 is 1.13 bits per heavy atom. The Balaban J connectivity index is 2.04. The number of aliphatic carboxylic acids is 1. The first kappa shape index (κ1) is 20.2. The summed E-state index contributed by atoms with van der Waals surface area (Å²) in [5, 5.41) is 19.0. The van der Waals surface area contributed by atoms with E-state index in [-0.39, 0.29) is 18.6 Å². The number of rotatable bonds is 14. The van der Waals surface area contributed by atoms with E-state index < -0.39 is 11.6 Å². The maximum atomic E-state index is 10.4. The minimum Gasteiger partial charge on any atom is -0.481 e. The summed E-state index contributed by atoms with van der Waals surface area (Å²) in [5.74, 6) is -0.703. The largest absolute Gasteiger partial charge is 0.481 e. The van der Waals surface area contributed by atoms with E-state index in [9.17, 15) is 9.90 Å². The molecule has 1 heterocycles. The molecular formula is C19H34O4. The zero-order chi connectivity index (χ0) is 17.1. The van der Waals surface area contributed by atoms with Crippen LogP contribution in [0.15, 0.2) is 12.2 Å². The molecule has 2 N–H and O–H groups in total. The van der Waals surface area contributed by atoms with Crippen molar-refractivity contribution in [2.45, 2.75) is 102 Å². The maximum absolute atomic E-state index is 10.4. The molecule has 0 radical (unpaired) electrons. The number of hydrogen-bond acceptors (Lipinski definition) is 3. The van der Waals surface area contributed by atoms with Crippen LogP contribution in [0.2, 0.25) is 0 Å². The van der Waals surface area contributed by atoms with Crippen LogP contribution in [0.5, 0.6) is 0 Å². The van der Waals surface area contributed by atoms with Crippen molar-refractivity contribution in [3.8, 4) is 0 Å². The first-order valence-electron chi connectivity index (χ1n) is 9.24. The molecule has 0 spiro atoms. The summed E-state index contributed by atoms with van der Waals surface area (Å²) in [6, 6.07) is 0. The molecule has 23 heavy (non-hydrogen) atoms. The third kappa shape index (κ3) is 9.11. The fraction of sp³-hybridized carbons (Fsp3) is 0.842. The number of aliphatic hydroxyl groups is 1. The topological polar surface area (TPSA) is 70.1 Å². The fourth-order valence-electron chi connectivity index (χ4n) is 2.96. The van der Waals surface area contributed by atoms with Crippen LogP contribution in [0, 0.1) is 0 Å². The number of allylic oxidation sites excluding steroid dienone is 1. The number of carbonyl (C=O) groups is 1. The SMILES string of the molecule is CCCCCC1OC1C(C)(O)/C=C\CCCCCCCC(=O)O. The fourth-order valence-corrected chi connectivity index (χ4v) is 2.96. The molecule has 134 valence electrons. The minimum absolute atomic E-state index is 0.0355. The second-order valence-corrected chi connectivity index (χ2v) is 6.92. The maximum Gasteiger partial charge on any atom is 0.303 e. The smallest absolute Gasteiger partial charge is 0.303 e. The van der Waals surface area contributed by atoms with Gasteiger partial charge < -0.3 is 14.9 Å². The van der Waals surface area contributed by atoms with Gasteiger partial charge in [0.05, 0.1) is 6.10 Å². The Morgan fingerprint density at radius 3 is 2.52 bits per heavy atom. The number of carboxylic acid groups (broad SMARTS) is 1. The molecule has 0 saturated carbocycles. The van der Waals surface area contributed by atoms with Gasteiger partial charge in [0.1, 0.15) is 11.7 Å². The van der Waals surface area contributed by atoms with Gasteiger partial charge in [0.25, 0.3) is 0 Å². The summed E-state index contributed by atoms with van der Waals surface area (Å²) in [7, 11) is 0. The quantitative estimate of drug-likeness (QED) is 0.281. The van der Waals surface area contributed by atoms with Gasteiger partial charge >= 0.3 is 5.97 Å². The molecule has 0 amide bonds. The first-order valence-corrected chi connectivity index (χ1v) is 9.24. The Hall–Kier alpha value is -0.870. The molecule has 1 fully saturated rings. The summed E-state index contributed by atoms with van der Waals surface area (Å²) in [6.45, 7) is 4.02. The van der Waals surface area contributed by atoms with Gasteiger partial charge in [0.15, 0.2) is 0 Å². The molecule has 0 aromatic rings. The Kier molecular flexibility index (Phi) is 9.49. The molecule has 4 heteroatoms. The van der Waals surface area contributed by atoms with Crippen LogP contribution >= 0.6 is 0 Å². The molecule has 1 aliphatic heterocycles. The number of hydrogen-bond donors (Lipinski definition) is 2. The van der Waals surface area contributed by atoms with Crippen molar-refractivity contribution in [1.29, 1.82) is 0 Å². The van der Waals surface area contributed by atoms with Gasteiger partial charge in [-0.1, -0.05) is 57.6 Å². The molecule has 1 saturated heterocycles. The van der Waals surface area contributed by atoms with Crippen molar-refractivity contribution >= 4 is 5.97 Å². The molecule has 0 aromatic carbocycles. The predicted octanol–water partition coefficient (Wildman–Crippen LogP) is 4.46. The lowest BCUT2D eigenvalue weighted by Gasteiger charge is -2.16. The van der Waals surface area contributed by atoms with Crippen molar-refractivity contribution in [3.63, 3.8) is 0 Å². The van der Waals surface area contributed by atoms with E-state index in [0.717, 1.165) is 44.9 Å². The Bertz CT molecular complexity index is 362. The van der Waals surface area contributed by atoms with Gasteiger partial charge in [-0.25, -0.2) is 0 Å². The third-order valence-electron chi connectivity index (χ3n) is 4.47. The molecule has 1 rings (SSSR count). The first-order chi connectivity index (χ1) is 11.0. The van der Waals surface area contributed by atoms with E-state index in [2.05, 4.69) is 13.0 Å². The normalized spacial score (nSPS) is 23.1. The molecule has 3 atom stereocenters. The number of ether oxygens (including phenoxy) is 1. The average molecular weight is 326 g/mol. The molecule has 1 aliphatic rings. The van der Waals surface area contributed by atoms with Crippen LogP contribution in [0.3, 0.4) is 0 Å². The van der Waals surface area contributed by atoms with Crippen molar-refractivity contribution < 1.29 is 19.7 Å². The Labute approximate surface area is 140 Å². The zero-order valence-corrected chi connectivity index (χ0v) is 14.8. The lowest BCUT2D eigenvalue weighted by atomic mass is 9.96. The van der Waals surface area contributed by atoms with Gasteiger partial charge in [-0.2, -0.15) is 0 Å². The number of carboxylic acids is 1. The lowest BCUT2D eigenvalue weighted by molar-refractivity contribution is -0.137. The van der Waals surface area contributed by atoms with Crippen molar-refractivity contribution in [2.24, 2.45) is 0 Å². The summed E-state index contributed by atoms with van der Waals surface area (Å²) < 4.78 is 5.62. The number of epoxide rings is 1. The molecule has 4 nitrogen and oxygen atoms in total. The highest BCUT2D eigenvalue weighted by molar-refractivity contribution is 5.66. The van der Waals surface area contributed by atoms with Gasteiger partial charge in [-0.3, -0.25) is 4.79 Å². The van der Waals surface area contributed by atoms with Gasteiger partial charge in [0, 0.05) is 6.42 Å². The van der Waals surface area contributed by atoms with Crippen LogP contribution in [-0.2, 0) is 9.53 Å². The summed E-state index contributed by atoms with van der Waals surface area (Å²) >= 11 is 0. The second kappa shape index (κ2) is 10.8. The number of unbranched alkanes of at least 4 members (excludes halogenated alkanes) is 7. The van der Waals surface area contributed by atoms with Gasteiger partial charge in [-0.05, 0) is 32.6 Å². The molecular weight excluding hydrogens is 292 g/mol. The van der Waals surface area contributed by atoms with Crippen LogP contribution in [0.4, 0.5) is 0 Å². The zero-order valence-electron chi connectivity index (χ0n) is 14.8. The Morgan fingerprint density at radius 2 is 1.83 bits per heavy atom. The van der Waals surface area contributed by atoms with Crippen LogP contribution in [0.25, 0.3) is 0 Å². The average Bonchev–Trinajstić information content (AvgIpc) is 3.26.